The van der Waals surface area contributed by atoms with Crippen LogP contribution >= 0.6 is 11.6 Å². The quantitative estimate of drug-likeness (QED) is 0.329. The first-order chi connectivity index (χ1) is 17.0. The van der Waals surface area contributed by atoms with E-state index < -0.39 is 0 Å². The zero-order valence-electron chi connectivity index (χ0n) is 19.8. The number of aryl methyl sites for hydroxylation is 1. The van der Waals surface area contributed by atoms with Crippen molar-refractivity contribution in [2.24, 2.45) is 5.92 Å². The summed E-state index contributed by atoms with van der Waals surface area (Å²) in [5.74, 6) is -0.393. The van der Waals surface area contributed by atoms with Crippen molar-refractivity contribution < 1.29 is 9.18 Å². The van der Waals surface area contributed by atoms with Gasteiger partial charge in [0.05, 0.1) is 0 Å². The molecule has 0 bridgehead atoms. The molecule has 2 heterocycles. The number of anilines is 1. The molecule has 3 aromatic carbocycles. The van der Waals surface area contributed by atoms with Crippen molar-refractivity contribution >= 4 is 34.1 Å². The van der Waals surface area contributed by atoms with Crippen LogP contribution in [0.2, 0.25) is 5.02 Å². The van der Waals surface area contributed by atoms with Gasteiger partial charge >= 0.3 is 0 Å². The van der Waals surface area contributed by atoms with Gasteiger partial charge in [0.15, 0.2) is 0 Å². The van der Waals surface area contributed by atoms with Crippen LogP contribution in [-0.4, -0.2) is 28.5 Å². The maximum Gasteiger partial charge on any atom is 0.227 e. The van der Waals surface area contributed by atoms with E-state index in [1.165, 1.54) is 22.7 Å². The van der Waals surface area contributed by atoms with Gasteiger partial charge in [0, 0.05) is 40.9 Å². The molecule has 180 valence electrons. The second-order valence-corrected chi connectivity index (χ2v) is 9.78. The summed E-state index contributed by atoms with van der Waals surface area (Å²) in [6.07, 6.45) is 1.57. The fraction of sp³-hybridized carbons (Fsp3) is 0.276. The van der Waals surface area contributed by atoms with Gasteiger partial charge in [-0.2, -0.15) is 0 Å². The number of halogens is 2. The molecule has 0 radical (unpaired) electrons. The third-order valence-electron chi connectivity index (χ3n) is 6.97. The highest BCUT2D eigenvalue weighted by molar-refractivity contribution is 6.31. The smallest absolute Gasteiger partial charge is 0.227 e. The van der Waals surface area contributed by atoms with Gasteiger partial charge in [-0.1, -0.05) is 54.1 Å². The zero-order chi connectivity index (χ0) is 24.4. The van der Waals surface area contributed by atoms with E-state index in [4.69, 9.17) is 11.6 Å². The average Bonchev–Trinajstić information content (AvgIpc) is 3.20. The number of aromatic nitrogens is 1. The summed E-state index contributed by atoms with van der Waals surface area (Å²) in [6.45, 7) is 4.93. The van der Waals surface area contributed by atoms with E-state index in [0.717, 1.165) is 43.1 Å². The summed E-state index contributed by atoms with van der Waals surface area (Å²) < 4.78 is 16.2. The average molecular weight is 490 g/mol. The molecule has 0 atom stereocenters. The van der Waals surface area contributed by atoms with Gasteiger partial charge in [0.1, 0.15) is 5.82 Å². The Balaban J connectivity index is 1.26. The lowest BCUT2D eigenvalue weighted by Crippen LogP contribution is -2.38. The Hall–Kier alpha value is -3.15. The number of benzene rings is 3. The van der Waals surface area contributed by atoms with Gasteiger partial charge in [-0.3, -0.25) is 9.69 Å². The number of carbonyl (C=O) groups is 1. The zero-order valence-corrected chi connectivity index (χ0v) is 20.6. The molecule has 1 fully saturated rings. The molecule has 1 aliphatic heterocycles. The normalized spacial score (nSPS) is 14.9. The number of rotatable bonds is 6. The number of nitrogens with one attached hydrogen (secondary N) is 1. The van der Waals surface area contributed by atoms with Gasteiger partial charge in [-0.05, 0) is 79.7 Å². The van der Waals surface area contributed by atoms with Crippen LogP contribution in [0.1, 0.15) is 29.7 Å². The lowest BCUT2D eigenvalue weighted by molar-refractivity contribution is -0.121. The molecule has 0 aliphatic carbocycles. The van der Waals surface area contributed by atoms with Crippen molar-refractivity contribution in [3.8, 4) is 0 Å². The van der Waals surface area contributed by atoms with E-state index in [1.54, 1.807) is 19.1 Å². The molecule has 0 saturated carbocycles. The van der Waals surface area contributed by atoms with Crippen LogP contribution in [0.15, 0.2) is 72.8 Å². The molecule has 1 N–H and O–H groups in total. The first-order valence-corrected chi connectivity index (χ1v) is 12.5. The Morgan fingerprint density at radius 1 is 1.00 bits per heavy atom. The third-order valence-corrected chi connectivity index (χ3v) is 7.33. The number of likely N-dealkylation sites (tertiary alicyclic amines) is 1. The van der Waals surface area contributed by atoms with Crippen LogP contribution in [0, 0.1) is 18.7 Å². The minimum absolute atomic E-state index is 0.0271. The fourth-order valence-corrected chi connectivity index (χ4v) is 5.08. The number of piperidine rings is 1. The summed E-state index contributed by atoms with van der Waals surface area (Å²) in [6, 6.07) is 23.5. The van der Waals surface area contributed by atoms with Gasteiger partial charge in [-0.15, -0.1) is 0 Å². The number of fused-ring (bicyclic) bond motifs is 1. The molecular formula is C29H29ClFN3O. The van der Waals surface area contributed by atoms with Crippen LogP contribution in [0.25, 0.3) is 10.9 Å². The van der Waals surface area contributed by atoms with E-state index in [2.05, 4.69) is 51.2 Å². The summed E-state index contributed by atoms with van der Waals surface area (Å²) in [5, 5.41) is 4.88. The van der Waals surface area contributed by atoms with Crippen molar-refractivity contribution in [2.45, 2.75) is 32.9 Å². The minimum atomic E-state index is -0.301. The second-order valence-electron chi connectivity index (χ2n) is 9.38. The Kier molecular flexibility index (Phi) is 6.89. The first kappa shape index (κ1) is 23.6. The van der Waals surface area contributed by atoms with E-state index in [9.17, 15) is 9.18 Å². The largest absolute Gasteiger partial charge is 0.339 e. The van der Waals surface area contributed by atoms with E-state index in [-0.39, 0.29) is 17.6 Å². The van der Waals surface area contributed by atoms with Crippen LogP contribution < -0.4 is 5.32 Å². The lowest BCUT2D eigenvalue weighted by Gasteiger charge is -2.31. The molecule has 6 heteroatoms. The molecule has 5 rings (SSSR count). The van der Waals surface area contributed by atoms with Gasteiger partial charge in [0.2, 0.25) is 5.91 Å². The molecule has 35 heavy (non-hydrogen) atoms. The highest BCUT2D eigenvalue weighted by Crippen LogP contribution is 2.27. The predicted molar refractivity (Wildman–Crippen MR) is 140 cm³/mol. The Labute approximate surface area is 210 Å². The number of hydrogen-bond donors (Lipinski definition) is 1. The summed E-state index contributed by atoms with van der Waals surface area (Å²) in [5.41, 5.74) is 4.62. The number of hydrogen-bond acceptors (Lipinski definition) is 2. The highest BCUT2D eigenvalue weighted by Gasteiger charge is 2.26. The van der Waals surface area contributed by atoms with Crippen LogP contribution in [0.4, 0.5) is 10.1 Å². The molecule has 0 unspecified atom stereocenters. The monoisotopic (exact) mass is 489 g/mol. The highest BCUT2D eigenvalue weighted by atomic mass is 35.5. The topological polar surface area (TPSA) is 37.3 Å². The maximum atomic E-state index is 13.8. The van der Waals surface area contributed by atoms with E-state index in [1.807, 2.05) is 18.2 Å². The van der Waals surface area contributed by atoms with Crippen molar-refractivity contribution in [2.75, 3.05) is 18.4 Å². The van der Waals surface area contributed by atoms with Crippen LogP contribution in [0.3, 0.4) is 0 Å². The molecule has 1 aliphatic rings. The van der Waals surface area contributed by atoms with Gasteiger partial charge < -0.3 is 9.88 Å². The van der Waals surface area contributed by atoms with E-state index >= 15 is 0 Å². The Morgan fingerprint density at radius 3 is 2.51 bits per heavy atom. The lowest BCUT2D eigenvalue weighted by atomic mass is 9.95. The fourth-order valence-electron chi connectivity index (χ4n) is 4.88. The van der Waals surface area contributed by atoms with Crippen LogP contribution in [-0.2, 0) is 17.9 Å². The SMILES string of the molecule is Cc1ccc(NC(=O)C2CCN(Cc3cc4ccccc4n3Cc3ccccc3Cl)CC2)cc1F. The van der Waals surface area contributed by atoms with Crippen molar-refractivity contribution in [1.29, 1.82) is 0 Å². The molecule has 1 aromatic heterocycles. The molecule has 4 aromatic rings. The molecule has 1 saturated heterocycles. The van der Waals surface area contributed by atoms with Gasteiger partial charge in [0.25, 0.3) is 0 Å². The Morgan fingerprint density at radius 2 is 1.74 bits per heavy atom. The van der Waals surface area contributed by atoms with Crippen molar-refractivity contribution in [3.63, 3.8) is 0 Å². The number of nitrogens with zero attached hydrogens (tertiary/aromatic N) is 2. The maximum absolute atomic E-state index is 13.8. The van der Waals surface area contributed by atoms with Crippen LogP contribution in [0.5, 0.6) is 0 Å². The first-order valence-electron chi connectivity index (χ1n) is 12.1. The number of amides is 1. The summed E-state index contributed by atoms with van der Waals surface area (Å²) >= 11 is 6.47. The van der Waals surface area contributed by atoms with Crippen molar-refractivity contribution in [1.82, 2.24) is 9.47 Å². The summed E-state index contributed by atoms with van der Waals surface area (Å²) in [7, 11) is 0. The number of para-hydroxylation sites is 1. The summed E-state index contributed by atoms with van der Waals surface area (Å²) in [4.78, 5) is 15.2. The third kappa shape index (κ3) is 5.26. The minimum Gasteiger partial charge on any atom is -0.339 e. The molecular weight excluding hydrogens is 461 g/mol. The molecule has 1 amide bonds. The van der Waals surface area contributed by atoms with Gasteiger partial charge in [-0.25, -0.2) is 4.39 Å². The number of carbonyl (C=O) groups excluding carboxylic acids is 1. The van der Waals surface area contributed by atoms with E-state index in [0.29, 0.717) is 17.8 Å². The second kappa shape index (κ2) is 10.2. The predicted octanol–water partition coefficient (Wildman–Crippen LogP) is 6.64. The Bertz CT molecular complexity index is 1360. The molecule has 0 spiro atoms. The standard InChI is InChI=1S/C29H29ClFN3O/c1-20-10-11-24(17-27(20)31)32-29(35)21-12-14-33(15-13-21)19-25-16-22-6-3-5-9-28(22)34(25)18-23-7-2-4-8-26(23)30/h2-11,16-17,21H,12-15,18-19H2,1H3,(H,32,35). The molecule has 4 nitrogen and oxygen atoms in total. The van der Waals surface area contributed by atoms with Crippen molar-refractivity contribution in [3.05, 3.63) is 100 Å².